The predicted octanol–water partition coefficient (Wildman–Crippen LogP) is 24.5. The van der Waals surface area contributed by atoms with Crippen LogP contribution in [0.2, 0.25) is 0 Å². The van der Waals surface area contributed by atoms with E-state index in [1.807, 2.05) is 0 Å². The molecule has 0 amide bonds. The Bertz CT molecular complexity index is 6570. The third-order valence-corrected chi connectivity index (χ3v) is 20.3. The predicted molar refractivity (Wildman–Crippen MR) is 417 cm³/mol. The first kappa shape index (κ1) is 56.9. The highest BCUT2D eigenvalue weighted by molar-refractivity contribution is 6.19. The zero-order valence-electron chi connectivity index (χ0n) is 54.3. The molecule has 0 radical (unpaired) electrons. The summed E-state index contributed by atoms with van der Waals surface area (Å²) in [5.74, 6) is 0.582. The molecule has 0 saturated carbocycles. The van der Waals surface area contributed by atoms with Gasteiger partial charge in [0.1, 0.15) is 0 Å². The maximum atomic E-state index is 5.73. The molecule has 0 spiro atoms. The van der Waals surface area contributed by atoms with Gasteiger partial charge in [0.15, 0.2) is 0 Å². The quantitative estimate of drug-likeness (QED) is 0.130. The molecule has 20 aromatic rings. The number of hydrogen-bond acceptors (Lipinski definition) is 2. The van der Waals surface area contributed by atoms with E-state index in [4.69, 9.17) is 9.97 Å². The van der Waals surface area contributed by atoms with Crippen LogP contribution in [0.25, 0.3) is 188 Å². The maximum Gasteiger partial charge on any atom is 0.235 e. The fraction of sp³-hybridized carbons (Fsp3) is 0. The van der Waals surface area contributed by atoms with Gasteiger partial charge in [-0.1, -0.05) is 237 Å². The average Bonchev–Trinajstić information content (AvgIpc) is 1.57. The SMILES string of the molecule is c1ccc(-c2cc(-c3ccccc3)cc(-c3cccc(-c4cc(-c5cccc(-n6c7ccccc7c7cc(-c8cccc9c8c8ccccc8n9-c8ccccc8)ccc76)c5)nc(-n5c6ccccc6c6cc(-c7cccc8c7c7ccccc7n8-c7ccccc7)ccc65)n4)c3)c2)cc1. The van der Waals surface area contributed by atoms with Gasteiger partial charge in [0.2, 0.25) is 5.95 Å². The molecule has 0 N–H and O–H groups in total. The lowest BCUT2D eigenvalue weighted by atomic mass is 9.92. The second kappa shape index (κ2) is 23.2. The fourth-order valence-electron chi connectivity index (χ4n) is 15.9. The molecule has 6 heteroatoms. The van der Waals surface area contributed by atoms with E-state index in [0.29, 0.717) is 5.95 Å². The second-order valence-corrected chi connectivity index (χ2v) is 26.0. The zero-order chi connectivity index (χ0) is 65.8. The van der Waals surface area contributed by atoms with Gasteiger partial charge in [-0.3, -0.25) is 4.57 Å². The summed E-state index contributed by atoms with van der Waals surface area (Å²) >= 11 is 0. The van der Waals surface area contributed by atoms with Crippen molar-refractivity contribution in [3.05, 3.63) is 364 Å². The lowest BCUT2D eigenvalue weighted by Gasteiger charge is -2.15. The van der Waals surface area contributed by atoms with Crippen molar-refractivity contribution in [3.8, 4) is 101 Å². The fourth-order valence-corrected chi connectivity index (χ4v) is 15.9. The Kier molecular flexibility index (Phi) is 13.2. The largest absolute Gasteiger partial charge is 0.309 e. The molecule has 5 aromatic heterocycles. The lowest BCUT2D eigenvalue weighted by Crippen LogP contribution is -2.04. The molecular formula is C94H60N6. The van der Waals surface area contributed by atoms with Crippen molar-refractivity contribution in [1.29, 1.82) is 0 Å². The number of nitrogens with zero attached hydrogens (tertiary/aromatic N) is 6. The van der Waals surface area contributed by atoms with Crippen molar-refractivity contribution in [2.24, 2.45) is 0 Å². The Morgan fingerprint density at radius 1 is 0.170 bits per heavy atom. The van der Waals surface area contributed by atoms with Gasteiger partial charge in [-0.15, -0.1) is 0 Å². The summed E-state index contributed by atoms with van der Waals surface area (Å²) in [5.41, 5.74) is 27.4. The summed E-state index contributed by atoms with van der Waals surface area (Å²) in [6.45, 7) is 0. The van der Waals surface area contributed by atoms with E-state index in [2.05, 4.69) is 382 Å². The monoisotopic (exact) mass is 1270 g/mol. The van der Waals surface area contributed by atoms with Crippen molar-refractivity contribution in [3.63, 3.8) is 0 Å². The summed E-state index contributed by atoms with van der Waals surface area (Å²) in [5, 5.41) is 9.52. The van der Waals surface area contributed by atoms with Crippen LogP contribution in [0.15, 0.2) is 364 Å². The third-order valence-electron chi connectivity index (χ3n) is 20.3. The van der Waals surface area contributed by atoms with Crippen molar-refractivity contribution >= 4 is 87.2 Å². The van der Waals surface area contributed by atoms with E-state index >= 15 is 0 Å². The molecular weight excluding hydrogens is 1210 g/mol. The molecule has 6 nitrogen and oxygen atoms in total. The van der Waals surface area contributed by atoms with Crippen molar-refractivity contribution < 1.29 is 0 Å². The van der Waals surface area contributed by atoms with Crippen LogP contribution in [-0.2, 0) is 0 Å². The number of fused-ring (bicyclic) bond motifs is 12. The molecule has 0 unspecified atom stereocenters. The molecule has 0 bridgehead atoms. The Morgan fingerprint density at radius 3 is 1.01 bits per heavy atom. The Hall–Kier alpha value is -13.4. The molecule has 0 saturated heterocycles. The van der Waals surface area contributed by atoms with Gasteiger partial charge in [-0.25, -0.2) is 9.97 Å². The normalized spacial score (nSPS) is 11.8. The van der Waals surface area contributed by atoms with Gasteiger partial charge in [0.05, 0.1) is 55.5 Å². The topological polar surface area (TPSA) is 45.5 Å². The standard InChI is InChI=1S/C94H60N6/c1-5-25-61(26-6-1)68-54-69(62-27-7-2-8-28-62)56-70(55-68)63-29-21-30-66(53-63)82-60-83(96-94(95-82)100-85-44-18-14-38-77(85)81-59-65(50-52-89(81)100)75-42-24-48-91-93(75)79-40-16-20-46-87(79)98(91)72-34-11-4-12-35-72)67-31-22-36-73(57-67)99-84-43-17-13-37-76(84)80-58-64(49-51-88(80)99)74-41-23-47-90-92(74)78-39-15-19-45-86(78)97(90)71-32-9-3-10-33-71/h1-60H. The third kappa shape index (κ3) is 9.26. The summed E-state index contributed by atoms with van der Waals surface area (Å²) in [7, 11) is 0. The average molecular weight is 1270 g/mol. The molecule has 5 heterocycles. The highest BCUT2D eigenvalue weighted by Gasteiger charge is 2.24. The van der Waals surface area contributed by atoms with Gasteiger partial charge in [-0.05, 0) is 183 Å². The molecule has 20 rings (SSSR count). The van der Waals surface area contributed by atoms with Gasteiger partial charge in [0, 0.05) is 71.3 Å². The van der Waals surface area contributed by atoms with Crippen LogP contribution >= 0.6 is 0 Å². The molecule has 15 aromatic carbocycles. The molecule has 466 valence electrons. The highest BCUT2D eigenvalue weighted by Crippen LogP contribution is 2.45. The maximum absolute atomic E-state index is 5.73. The van der Waals surface area contributed by atoms with E-state index in [-0.39, 0.29) is 0 Å². The van der Waals surface area contributed by atoms with Crippen LogP contribution in [0.4, 0.5) is 0 Å². The summed E-state index contributed by atoms with van der Waals surface area (Å²) in [4.78, 5) is 11.4. The van der Waals surface area contributed by atoms with E-state index in [1.165, 1.54) is 82.2 Å². The van der Waals surface area contributed by atoms with Crippen LogP contribution in [0, 0.1) is 0 Å². The Morgan fingerprint density at radius 2 is 0.500 bits per heavy atom. The number of benzene rings is 15. The Labute approximate surface area is 577 Å². The molecule has 100 heavy (non-hydrogen) atoms. The summed E-state index contributed by atoms with van der Waals surface area (Å²) in [6, 6.07) is 132. The van der Waals surface area contributed by atoms with Gasteiger partial charge in [0.25, 0.3) is 0 Å². The number of rotatable bonds is 11. The molecule has 0 atom stereocenters. The van der Waals surface area contributed by atoms with Crippen LogP contribution in [0.5, 0.6) is 0 Å². The minimum atomic E-state index is 0.582. The van der Waals surface area contributed by atoms with Crippen molar-refractivity contribution in [2.75, 3.05) is 0 Å². The smallest absolute Gasteiger partial charge is 0.235 e. The van der Waals surface area contributed by atoms with E-state index in [9.17, 15) is 0 Å². The highest BCUT2D eigenvalue weighted by atomic mass is 15.2. The zero-order valence-corrected chi connectivity index (χ0v) is 54.3. The Balaban J connectivity index is 0.764. The minimum absolute atomic E-state index is 0.582. The summed E-state index contributed by atoms with van der Waals surface area (Å²) in [6.07, 6.45) is 0. The van der Waals surface area contributed by atoms with Crippen LogP contribution in [-0.4, -0.2) is 28.2 Å². The minimum Gasteiger partial charge on any atom is -0.309 e. The van der Waals surface area contributed by atoms with Crippen molar-refractivity contribution in [2.45, 2.75) is 0 Å². The van der Waals surface area contributed by atoms with Crippen LogP contribution < -0.4 is 0 Å². The second-order valence-electron chi connectivity index (χ2n) is 26.0. The molecule has 0 aliphatic carbocycles. The van der Waals surface area contributed by atoms with Crippen LogP contribution in [0.1, 0.15) is 0 Å². The molecule has 0 aliphatic rings. The van der Waals surface area contributed by atoms with Gasteiger partial charge < -0.3 is 13.7 Å². The first-order valence-electron chi connectivity index (χ1n) is 34.2. The van der Waals surface area contributed by atoms with Crippen molar-refractivity contribution in [1.82, 2.24) is 28.2 Å². The lowest BCUT2D eigenvalue weighted by molar-refractivity contribution is 0.995. The number of para-hydroxylation sites is 6. The van der Waals surface area contributed by atoms with E-state index in [0.717, 1.165) is 100 Å². The number of aromatic nitrogens is 6. The summed E-state index contributed by atoms with van der Waals surface area (Å²) < 4.78 is 9.48. The van der Waals surface area contributed by atoms with E-state index < -0.39 is 0 Å². The van der Waals surface area contributed by atoms with E-state index in [1.54, 1.807) is 0 Å². The van der Waals surface area contributed by atoms with Gasteiger partial charge in [-0.2, -0.15) is 0 Å². The first-order valence-corrected chi connectivity index (χ1v) is 34.2. The molecule has 0 fully saturated rings. The molecule has 0 aliphatic heterocycles. The van der Waals surface area contributed by atoms with Crippen LogP contribution in [0.3, 0.4) is 0 Å². The first-order chi connectivity index (χ1) is 49.6. The number of hydrogen-bond donors (Lipinski definition) is 0. The van der Waals surface area contributed by atoms with Gasteiger partial charge >= 0.3 is 0 Å².